The van der Waals surface area contributed by atoms with Crippen LogP contribution in [0.3, 0.4) is 0 Å². The Morgan fingerprint density at radius 2 is 1.54 bits per heavy atom. The standard InChI is InChI=1S/C55H71N4O5.Mg/c1-13-39-35(8)42-28-44-37(10)41(24-25-48(60)64-27-26-34(7)23-17-22-33(6)21-16-20-32(5)19-15-18-31(3)4)52(58-44)50-51(55(62)63-12)54(61)49-38(11)45(59-53(49)50)30-47-40(14-2)36(9)43(57-47)29-46(39)56-42;/h13,22,26,28-32,37,41,51H,1,14-21,23-25,27H2,2-12H3,(H-,58,59,61);/q-3;+2/p-1/b33-22-,34-26+,43-29-,44-28-,47-30-;/t32-,37+,41+,51-;/m1./s1. The van der Waals surface area contributed by atoms with Crippen LogP contribution < -0.4 is 25.7 Å². The van der Waals surface area contributed by atoms with Crippen LogP contribution in [-0.4, -0.2) is 54.5 Å². The average molecular weight is 891 g/mol. The molecule has 6 rings (SSSR count). The fourth-order valence-corrected chi connectivity index (χ4v) is 9.77. The van der Waals surface area contributed by atoms with Crippen LogP contribution in [0.2, 0.25) is 0 Å². The van der Waals surface area contributed by atoms with Crippen molar-refractivity contribution in [3.8, 4) is 0 Å². The van der Waals surface area contributed by atoms with Gasteiger partial charge in [-0.2, -0.15) is 11.4 Å². The van der Waals surface area contributed by atoms with Crippen molar-refractivity contribution in [2.45, 2.75) is 140 Å². The van der Waals surface area contributed by atoms with E-state index in [4.69, 9.17) is 29.7 Å². The van der Waals surface area contributed by atoms with Gasteiger partial charge in [-0.1, -0.05) is 136 Å². The SMILES string of the molecule is C=Cc1c2[n-]c(c1C)/C=C1\[N-]/C(=C3\c4[n-]c(c(C)c4C(=O)[C@@H]3C(=O)OC)/C=c3\[n-]/c(c(C)c3CC)=C\2)[C@@H](CCC(=O)OC/C=C(\C)CC/C=C(/C)CCC[C@H](C)CCCC(C)C)[C@@H]1C.[Mg+2]. The molecule has 0 aromatic carbocycles. The van der Waals surface area contributed by atoms with Crippen molar-refractivity contribution >= 4 is 70.7 Å². The third kappa shape index (κ3) is 11.5. The molecule has 5 heterocycles. The van der Waals surface area contributed by atoms with Crippen molar-refractivity contribution in [1.82, 2.24) is 15.0 Å². The summed E-state index contributed by atoms with van der Waals surface area (Å²) in [6, 6.07) is 0. The van der Waals surface area contributed by atoms with Crippen LogP contribution in [0.1, 0.15) is 174 Å². The molecule has 0 radical (unpaired) electrons. The molecule has 1 saturated heterocycles. The van der Waals surface area contributed by atoms with E-state index in [1.54, 1.807) is 0 Å². The number of aromatic nitrogens is 3. The molecular weight excluding hydrogens is 821 g/mol. The van der Waals surface area contributed by atoms with E-state index in [-0.39, 0.29) is 59.7 Å². The molecule has 9 nitrogen and oxygen atoms in total. The Hall–Kier alpha value is -4.54. The zero-order valence-corrected chi connectivity index (χ0v) is 42.5. The molecule has 2 aliphatic heterocycles. The summed E-state index contributed by atoms with van der Waals surface area (Å²) >= 11 is 0. The van der Waals surface area contributed by atoms with Gasteiger partial charge in [-0.3, -0.25) is 14.4 Å². The van der Waals surface area contributed by atoms with E-state index in [1.807, 2.05) is 44.2 Å². The van der Waals surface area contributed by atoms with Gasteiger partial charge >= 0.3 is 35.0 Å². The summed E-state index contributed by atoms with van der Waals surface area (Å²) in [4.78, 5) is 56.6. The van der Waals surface area contributed by atoms with Crippen molar-refractivity contribution in [2.75, 3.05) is 13.7 Å². The number of hydrogen-bond acceptors (Lipinski definition) is 5. The number of Topliss-reactive ketones (excluding diaryl/α,β-unsaturated/α-hetero) is 1. The number of ketones is 1. The minimum Gasteiger partial charge on any atom is -0.664 e. The van der Waals surface area contributed by atoms with E-state index in [0.717, 1.165) is 87.6 Å². The zero-order chi connectivity index (χ0) is 46.4. The number of ether oxygens (including phenoxy) is 2. The van der Waals surface area contributed by atoms with E-state index in [2.05, 4.69) is 68.0 Å². The molecule has 0 amide bonds. The van der Waals surface area contributed by atoms with Crippen molar-refractivity contribution in [2.24, 2.45) is 29.6 Å². The quantitative estimate of drug-likeness (QED) is 0.0504. The second-order valence-electron chi connectivity index (χ2n) is 19.0. The van der Waals surface area contributed by atoms with Gasteiger partial charge in [0.2, 0.25) is 0 Å². The zero-order valence-electron chi connectivity index (χ0n) is 41.1. The predicted molar refractivity (Wildman–Crippen MR) is 264 cm³/mol. The summed E-state index contributed by atoms with van der Waals surface area (Å²) < 4.78 is 11.0. The Labute approximate surface area is 404 Å². The van der Waals surface area contributed by atoms with Crippen LogP contribution >= 0.6 is 0 Å². The van der Waals surface area contributed by atoms with Gasteiger partial charge in [-0.05, 0) is 108 Å². The van der Waals surface area contributed by atoms with E-state index in [0.29, 0.717) is 40.2 Å². The van der Waals surface area contributed by atoms with Gasteiger partial charge in [-0.15, -0.1) is 33.5 Å². The molecule has 65 heavy (non-hydrogen) atoms. The molecule has 1 fully saturated rings. The number of carbonyl (C=O) groups excluding carboxylic acids is 3. The number of carbonyl (C=O) groups is 3. The van der Waals surface area contributed by atoms with Gasteiger partial charge in [-0.25, -0.2) is 0 Å². The van der Waals surface area contributed by atoms with Gasteiger partial charge in [0.25, 0.3) is 0 Å². The third-order valence-corrected chi connectivity index (χ3v) is 13.9. The number of nitrogens with zero attached hydrogens (tertiary/aromatic N) is 4. The maximum absolute atomic E-state index is 14.4. The van der Waals surface area contributed by atoms with E-state index in [1.165, 1.54) is 50.4 Å². The number of hydrogen-bond donors (Lipinski definition) is 0. The maximum atomic E-state index is 14.4. The predicted octanol–water partition coefficient (Wildman–Crippen LogP) is 10.3. The fraction of sp³-hybridized carbons (Fsp3) is 0.509. The number of allylic oxidation sites excluding steroid dienone is 5. The van der Waals surface area contributed by atoms with Gasteiger partial charge in [0, 0.05) is 12.0 Å². The molecule has 4 atom stereocenters. The van der Waals surface area contributed by atoms with E-state index in [9.17, 15) is 14.4 Å². The summed E-state index contributed by atoms with van der Waals surface area (Å²) in [5, 5.41) is 6.83. The first kappa shape index (κ1) is 51.4. The number of methoxy groups -OCH3 is 1. The molecule has 0 N–H and O–H groups in total. The molecule has 8 bridgehead atoms. The number of esters is 2. The summed E-state index contributed by atoms with van der Waals surface area (Å²) in [5.74, 6) is -1.50. The molecule has 10 heteroatoms. The first-order chi connectivity index (χ1) is 30.6. The minimum atomic E-state index is -1.22. The number of fused-ring (bicyclic) bond motifs is 7. The Balaban J connectivity index is 0.00000793. The molecule has 0 unspecified atom stereocenters. The normalized spacial score (nSPS) is 21.4. The molecular formula is C55H70MgN4O5-2. The van der Waals surface area contributed by atoms with Crippen molar-refractivity contribution in [1.29, 1.82) is 0 Å². The summed E-state index contributed by atoms with van der Waals surface area (Å²) in [6.07, 6.45) is 22.9. The molecule has 0 saturated carbocycles. The fourth-order valence-electron chi connectivity index (χ4n) is 9.77. The van der Waals surface area contributed by atoms with Crippen LogP contribution in [0.4, 0.5) is 0 Å². The monoisotopic (exact) mass is 891 g/mol. The maximum Gasteiger partial charge on any atom is 2.00 e. The van der Waals surface area contributed by atoms with Gasteiger partial charge in [0.1, 0.15) is 12.5 Å². The summed E-state index contributed by atoms with van der Waals surface area (Å²) in [6.45, 7) is 25.8. The van der Waals surface area contributed by atoms with Crippen molar-refractivity contribution < 1.29 is 23.9 Å². The summed E-state index contributed by atoms with van der Waals surface area (Å²) in [7, 11) is 1.29. The van der Waals surface area contributed by atoms with Crippen LogP contribution in [0, 0.1) is 50.4 Å². The van der Waals surface area contributed by atoms with Gasteiger partial charge in [0.05, 0.1) is 7.11 Å². The first-order valence-corrected chi connectivity index (χ1v) is 23.7. The van der Waals surface area contributed by atoms with Crippen LogP contribution in [0.5, 0.6) is 0 Å². The molecule has 3 aliphatic rings. The van der Waals surface area contributed by atoms with Gasteiger partial charge < -0.3 is 29.7 Å². The first-order valence-electron chi connectivity index (χ1n) is 23.7. The van der Waals surface area contributed by atoms with Crippen LogP contribution in [-0.2, 0) is 25.5 Å². The number of rotatable bonds is 19. The average Bonchev–Trinajstić information content (AvgIpc) is 3.99. The Kier molecular flexibility index (Phi) is 18.0. The molecule has 0 spiro atoms. The second kappa shape index (κ2) is 22.8. The Morgan fingerprint density at radius 3 is 2.23 bits per heavy atom. The Bertz CT molecular complexity index is 2520. The smallest absolute Gasteiger partial charge is 0.664 e. The van der Waals surface area contributed by atoms with Crippen LogP contribution in [0.15, 0.2) is 41.3 Å². The van der Waals surface area contributed by atoms with E-state index < -0.39 is 11.9 Å². The van der Waals surface area contributed by atoms with Crippen LogP contribution in [0.25, 0.3) is 35.2 Å². The van der Waals surface area contributed by atoms with Gasteiger partial charge in [0.15, 0.2) is 5.78 Å². The summed E-state index contributed by atoms with van der Waals surface area (Å²) in [5.41, 5.74) is 12.1. The third-order valence-electron chi connectivity index (χ3n) is 13.9. The largest absolute Gasteiger partial charge is 2.00 e. The topological polar surface area (TPSA) is 126 Å². The molecule has 344 valence electrons. The molecule has 3 aromatic rings. The Morgan fingerprint density at radius 1 is 0.846 bits per heavy atom. The molecule has 3 aromatic heterocycles. The van der Waals surface area contributed by atoms with Crippen molar-refractivity contribution in [3.05, 3.63) is 113 Å². The van der Waals surface area contributed by atoms with Crippen molar-refractivity contribution in [3.63, 3.8) is 0 Å². The second-order valence-corrected chi connectivity index (χ2v) is 19.0. The minimum absolute atomic E-state index is 0. The molecule has 1 aliphatic carbocycles. The van der Waals surface area contributed by atoms with E-state index >= 15 is 0 Å².